The van der Waals surface area contributed by atoms with Gasteiger partial charge in [0.05, 0.1) is 176 Å². The summed E-state index contributed by atoms with van der Waals surface area (Å²) in [5.41, 5.74) is 4.69. The lowest BCUT2D eigenvalue weighted by molar-refractivity contribution is -0.122. The van der Waals surface area contributed by atoms with Gasteiger partial charge in [0, 0.05) is 71.3 Å². The monoisotopic (exact) mass is 1230 g/mol. The van der Waals surface area contributed by atoms with Gasteiger partial charge in [-0.3, -0.25) is 19.2 Å². The van der Waals surface area contributed by atoms with E-state index in [0.717, 1.165) is 22.4 Å². The topological polar surface area (TPSA) is 277 Å². The first kappa shape index (κ1) is 68.8. The predicted molar refractivity (Wildman–Crippen MR) is 328 cm³/mol. The number of benzene rings is 5. The van der Waals surface area contributed by atoms with E-state index in [1.54, 1.807) is 23.1 Å². The number of phenolic OH excluding ortho intramolecular Hbond substituents is 1. The first-order valence-electron chi connectivity index (χ1n) is 29.7. The fraction of sp³-hybridized carbons (Fsp3) is 0.439. The van der Waals surface area contributed by atoms with E-state index >= 15 is 0 Å². The van der Waals surface area contributed by atoms with Crippen LogP contribution in [-0.4, -0.2) is 206 Å². The van der Waals surface area contributed by atoms with Gasteiger partial charge < -0.3 is 87.0 Å². The number of aromatic carboxylic acids is 1. The largest absolute Gasteiger partial charge is 0.508 e. The van der Waals surface area contributed by atoms with E-state index in [-0.39, 0.29) is 84.6 Å². The molecule has 0 unspecified atom stereocenters. The Bertz CT molecular complexity index is 3230. The summed E-state index contributed by atoms with van der Waals surface area (Å²) in [4.78, 5) is 65.1. The number of nitrogens with one attached hydrogen (secondary N) is 2. The summed E-state index contributed by atoms with van der Waals surface area (Å²) in [5, 5.41) is 26.3. The van der Waals surface area contributed by atoms with Gasteiger partial charge in [-0.2, -0.15) is 0 Å². The average molecular weight is 1230 g/mol. The zero-order valence-electron chi connectivity index (χ0n) is 50.0. The van der Waals surface area contributed by atoms with Crippen LogP contribution >= 0.6 is 0 Å². The number of carboxylic acid groups (broad SMARTS) is 1. The number of carbonyl (C=O) groups excluding carboxylic acids is 3. The maximum absolute atomic E-state index is 13.3. The molecule has 4 N–H and O–H groups in total. The normalized spacial score (nSPS) is 11.8. The third-order valence-corrected chi connectivity index (χ3v) is 13.4. The van der Waals surface area contributed by atoms with Crippen LogP contribution in [0.1, 0.15) is 50.2 Å². The van der Waals surface area contributed by atoms with Crippen LogP contribution in [0.25, 0.3) is 33.4 Å². The quantitative estimate of drug-likeness (QED) is 0.0201. The molecule has 2 heterocycles. The van der Waals surface area contributed by atoms with E-state index in [2.05, 4.69) is 22.5 Å². The third-order valence-electron chi connectivity index (χ3n) is 13.4. The smallest absolute Gasteiger partial charge is 0.336 e. The van der Waals surface area contributed by atoms with Crippen LogP contribution in [0.2, 0.25) is 0 Å². The van der Waals surface area contributed by atoms with Gasteiger partial charge in [-0.15, -0.1) is 0 Å². The number of carbonyl (C=O) groups is 4. The van der Waals surface area contributed by atoms with Crippen molar-refractivity contribution in [3.05, 3.63) is 141 Å². The molecule has 4 aromatic rings. The highest BCUT2D eigenvalue weighted by atomic mass is 16.6. The molecule has 0 saturated carbocycles. The highest BCUT2D eigenvalue weighted by Crippen LogP contribution is 2.42. The maximum Gasteiger partial charge on any atom is 0.336 e. The molecule has 4 aromatic carbocycles. The van der Waals surface area contributed by atoms with E-state index in [9.17, 15) is 34.2 Å². The van der Waals surface area contributed by atoms with E-state index < -0.39 is 11.9 Å². The summed E-state index contributed by atoms with van der Waals surface area (Å²) in [6, 6.07) is 28.4. The standard InChI is InChI=1S/C66H79N3O20/c70-53-12-15-56-60(46-53)89-61-47-54(71)13-16-57(61)64(56)55-14-11-51(45-58(55)66(75)76)65(74)68-20-22-78-24-26-80-28-30-82-32-34-84-36-38-86-40-42-88-44-43-87-41-39-85-37-35-83-33-31-81-29-27-79-25-23-77-21-18-62(72)67-19-17-63(73)69-48-52-7-2-1-5-49(52)9-10-50-6-3-4-8-59(50)69/h1-8,11-16,45-47,70H,17-44,48H2,(H,67,72)(H,68,74)(H,75,76). The number of hydrogen-bond donors (Lipinski definition) is 4. The van der Waals surface area contributed by atoms with Crippen molar-refractivity contribution in [2.45, 2.75) is 19.4 Å². The molecule has 23 heteroatoms. The highest BCUT2D eigenvalue weighted by molar-refractivity contribution is 6.09. The van der Waals surface area contributed by atoms with Crippen LogP contribution in [-0.2, 0) is 73.0 Å². The molecule has 0 radical (unpaired) electrons. The van der Waals surface area contributed by atoms with Crippen LogP contribution in [0.15, 0.2) is 112 Å². The third kappa shape index (κ3) is 24.3. The lowest BCUT2D eigenvalue weighted by Gasteiger charge is -2.26. The number of phenols is 1. The molecule has 1 aliphatic carbocycles. The number of amides is 3. The highest BCUT2D eigenvalue weighted by Gasteiger charge is 2.24. The molecule has 0 bridgehead atoms. The molecule has 89 heavy (non-hydrogen) atoms. The molecule has 0 saturated heterocycles. The van der Waals surface area contributed by atoms with E-state index in [0.29, 0.717) is 174 Å². The summed E-state index contributed by atoms with van der Waals surface area (Å²) in [5.74, 6) is 4.57. The Morgan fingerprint density at radius 3 is 1.55 bits per heavy atom. The number of hydrogen-bond acceptors (Lipinski definition) is 19. The Hall–Kier alpha value is -7.67. The van der Waals surface area contributed by atoms with Crippen LogP contribution < -0.4 is 21.0 Å². The van der Waals surface area contributed by atoms with Crippen molar-refractivity contribution in [1.29, 1.82) is 0 Å². The van der Waals surface area contributed by atoms with Crippen molar-refractivity contribution in [3.63, 3.8) is 0 Å². The number of rotatable bonds is 45. The number of fused-ring (bicyclic) bond motifs is 4. The van der Waals surface area contributed by atoms with Crippen LogP contribution in [0, 0.1) is 11.8 Å². The Morgan fingerprint density at radius 1 is 0.494 bits per heavy atom. The van der Waals surface area contributed by atoms with Crippen molar-refractivity contribution >= 4 is 40.3 Å². The molecule has 23 nitrogen and oxygen atoms in total. The zero-order chi connectivity index (χ0) is 62.5. The van der Waals surface area contributed by atoms with Gasteiger partial charge in [0.1, 0.15) is 17.1 Å². The second kappa shape index (κ2) is 40.1. The maximum atomic E-state index is 13.3. The number of aromatic hydroxyl groups is 1. The molecular formula is C66H79N3O20. The van der Waals surface area contributed by atoms with Crippen molar-refractivity contribution in [2.75, 3.05) is 177 Å². The second-order valence-corrected chi connectivity index (χ2v) is 19.7. The summed E-state index contributed by atoms with van der Waals surface area (Å²) in [7, 11) is 0. The van der Waals surface area contributed by atoms with E-state index in [1.807, 2.05) is 48.5 Å². The second-order valence-electron chi connectivity index (χ2n) is 19.7. The van der Waals surface area contributed by atoms with Crippen molar-refractivity contribution in [3.8, 4) is 40.0 Å². The Labute approximate surface area is 517 Å². The van der Waals surface area contributed by atoms with E-state index in [4.69, 9.17) is 61.3 Å². The molecule has 0 atom stereocenters. The number of para-hydroxylation sites is 1. The number of nitrogens with zero attached hydrogens (tertiary/aromatic N) is 1. The lowest BCUT2D eigenvalue weighted by Crippen LogP contribution is -2.35. The van der Waals surface area contributed by atoms with Gasteiger partial charge >= 0.3 is 5.97 Å². The molecule has 2 aliphatic heterocycles. The van der Waals surface area contributed by atoms with Crippen molar-refractivity contribution in [1.82, 2.24) is 10.6 Å². The minimum atomic E-state index is -1.25. The van der Waals surface area contributed by atoms with Gasteiger partial charge in [-0.25, -0.2) is 4.79 Å². The number of ether oxygens (including phenoxy) is 12. The van der Waals surface area contributed by atoms with Crippen LogP contribution in [0.3, 0.4) is 0 Å². The van der Waals surface area contributed by atoms with Gasteiger partial charge in [0.2, 0.25) is 11.8 Å². The fourth-order valence-corrected chi connectivity index (χ4v) is 8.99. The van der Waals surface area contributed by atoms with Crippen LogP contribution in [0.5, 0.6) is 5.75 Å². The average Bonchev–Trinajstić information content (AvgIpc) is 1.48. The first-order chi connectivity index (χ1) is 43.7. The van der Waals surface area contributed by atoms with Crippen molar-refractivity contribution < 1.29 is 90.7 Å². The Kier molecular flexibility index (Phi) is 31.0. The molecule has 3 aliphatic rings. The summed E-state index contributed by atoms with van der Waals surface area (Å²) < 4.78 is 72.3. The van der Waals surface area contributed by atoms with Crippen molar-refractivity contribution in [2.24, 2.45) is 0 Å². The minimum Gasteiger partial charge on any atom is -0.508 e. The van der Waals surface area contributed by atoms with Gasteiger partial charge in [0.15, 0.2) is 5.43 Å². The molecule has 0 fully saturated rings. The minimum absolute atomic E-state index is 0.0606. The summed E-state index contributed by atoms with van der Waals surface area (Å²) in [6.45, 7) is 10.3. The SMILES string of the molecule is O=C(CCOCCOCCOCCOCCOCCOCCOCCOCCOCCOCCOCCOCCNC(=O)c1ccc(-c2c3ccc(=O)cc-3oc3cc(O)ccc23)c(C(=O)O)c1)NCCC(=O)N1Cc2ccccc2C#Cc2ccccc21. The molecule has 478 valence electrons. The lowest BCUT2D eigenvalue weighted by atomic mass is 9.90. The Morgan fingerprint density at radius 2 is 0.989 bits per heavy atom. The molecule has 0 spiro atoms. The molecule has 3 amide bonds. The molecule has 7 rings (SSSR count). The number of carboxylic acids is 1. The summed E-state index contributed by atoms with van der Waals surface area (Å²) in [6.07, 6.45) is 0.337. The molecule has 0 aromatic heterocycles. The van der Waals surface area contributed by atoms with Gasteiger partial charge in [0.25, 0.3) is 5.91 Å². The van der Waals surface area contributed by atoms with E-state index in [1.165, 1.54) is 36.4 Å². The predicted octanol–water partition coefficient (Wildman–Crippen LogP) is 5.74. The number of anilines is 1. The molecular weight excluding hydrogens is 1150 g/mol. The van der Waals surface area contributed by atoms with Crippen LogP contribution in [0.4, 0.5) is 5.69 Å². The zero-order valence-corrected chi connectivity index (χ0v) is 50.0. The summed E-state index contributed by atoms with van der Waals surface area (Å²) >= 11 is 0. The van der Waals surface area contributed by atoms with Gasteiger partial charge in [-0.1, -0.05) is 48.2 Å². The fourth-order valence-electron chi connectivity index (χ4n) is 8.99. The first-order valence-corrected chi connectivity index (χ1v) is 29.7. The Balaban J connectivity index is 0.556. The van der Waals surface area contributed by atoms with Gasteiger partial charge in [-0.05, 0) is 65.7 Å².